The van der Waals surface area contributed by atoms with Crippen LogP contribution >= 0.6 is 0 Å². The maximum atomic E-state index is 12.7. The smallest absolute Gasteiger partial charge is 0.472 e. The number of carbonyl (C=O) groups is 2. The molecule has 3 rings (SSSR count). The molecule has 2 heterocycles. The van der Waals surface area contributed by atoms with Crippen molar-refractivity contribution in [3.05, 3.63) is 60.1 Å². The summed E-state index contributed by atoms with van der Waals surface area (Å²) in [4.78, 5) is 24.7. The molecule has 25 heavy (non-hydrogen) atoms. The van der Waals surface area contributed by atoms with Crippen LogP contribution in [-0.2, 0) is 16.9 Å². The molecule has 1 aliphatic rings. The summed E-state index contributed by atoms with van der Waals surface area (Å²) in [6.07, 6.45) is 0.649. The molecule has 2 aromatic rings. The molecule has 0 radical (unpaired) electrons. The molecule has 132 valence electrons. The lowest BCUT2D eigenvalue weighted by atomic mass is 9.94. The first-order chi connectivity index (χ1) is 11.9. The van der Waals surface area contributed by atoms with Crippen molar-refractivity contribution in [3.63, 3.8) is 0 Å². The molecule has 1 saturated heterocycles. The minimum Gasteiger partial charge on any atom is -0.472 e. The number of hydrogen-bond acceptors (Lipinski definition) is 5. The standard InChI is InChI=1S/C18H19NO6/c1-13-9-18(23,15-7-8-24-11-15)12-19(13,16(20)21)17(22)25-10-14-5-3-2-4-6-14/h2-8,11,13,23H,9-10,12H2,1H3/p+1/t13-,18?,19?/m1/s1. The van der Waals surface area contributed by atoms with Crippen LogP contribution in [0.3, 0.4) is 0 Å². The van der Waals surface area contributed by atoms with Gasteiger partial charge in [0.15, 0.2) is 0 Å². The van der Waals surface area contributed by atoms with Crippen LogP contribution in [0.15, 0.2) is 53.3 Å². The van der Waals surface area contributed by atoms with E-state index >= 15 is 0 Å². The fraction of sp³-hybridized carbons (Fsp3) is 0.333. The van der Waals surface area contributed by atoms with Crippen molar-refractivity contribution < 1.29 is 33.4 Å². The van der Waals surface area contributed by atoms with Gasteiger partial charge in [0, 0.05) is 12.0 Å². The van der Waals surface area contributed by atoms with Crippen LogP contribution in [0.25, 0.3) is 0 Å². The van der Waals surface area contributed by atoms with Gasteiger partial charge in [-0.15, -0.1) is 4.48 Å². The van der Waals surface area contributed by atoms with Gasteiger partial charge >= 0.3 is 12.2 Å². The average molecular weight is 346 g/mol. The largest absolute Gasteiger partial charge is 0.527 e. The number of rotatable bonds is 3. The highest BCUT2D eigenvalue weighted by molar-refractivity contribution is 5.76. The zero-order chi connectivity index (χ0) is 18.1. The van der Waals surface area contributed by atoms with Crippen molar-refractivity contribution in [2.75, 3.05) is 6.54 Å². The third-order valence-corrected chi connectivity index (χ3v) is 4.83. The van der Waals surface area contributed by atoms with Crippen LogP contribution in [0.1, 0.15) is 24.5 Å². The average Bonchev–Trinajstić information content (AvgIpc) is 3.21. The van der Waals surface area contributed by atoms with E-state index < -0.39 is 28.3 Å². The van der Waals surface area contributed by atoms with E-state index in [-0.39, 0.29) is 19.6 Å². The number of likely N-dealkylation sites (tertiary alicyclic amines) is 1. The van der Waals surface area contributed by atoms with Crippen LogP contribution in [0, 0.1) is 0 Å². The summed E-state index contributed by atoms with van der Waals surface area (Å²) >= 11 is 0. The van der Waals surface area contributed by atoms with Crippen LogP contribution < -0.4 is 0 Å². The lowest BCUT2D eigenvalue weighted by molar-refractivity contribution is -0.799. The molecule has 0 spiro atoms. The first kappa shape index (κ1) is 17.2. The quantitative estimate of drug-likeness (QED) is 0.829. The Morgan fingerprint density at radius 3 is 2.64 bits per heavy atom. The van der Waals surface area contributed by atoms with Gasteiger partial charge in [-0.3, -0.25) is 0 Å². The highest BCUT2D eigenvalue weighted by atomic mass is 16.6. The number of carboxylic acid groups (broad SMARTS) is 1. The van der Waals surface area contributed by atoms with E-state index in [0.29, 0.717) is 5.56 Å². The number of furan rings is 1. The van der Waals surface area contributed by atoms with E-state index in [2.05, 4.69) is 0 Å². The molecule has 0 bridgehead atoms. The van der Waals surface area contributed by atoms with Crippen LogP contribution in [-0.4, -0.2) is 39.5 Å². The summed E-state index contributed by atoms with van der Waals surface area (Å²) in [5.74, 6) is 0. The lowest BCUT2D eigenvalue weighted by Gasteiger charge is -2.28. The fourth-order valence-corrected chi connectivity index (χ4v) is 3.43. The van der Waals surface area contributed by atoms with Crippen molar-refractivity contribution >= 4 is 12.2 Å². The summed E-state index contributed by atoms with van der Waals surface area (Å²) in [6, 6.07) is 9.94. The molecular weight excluding hydrogens is 326 g/mol. The minimum absolute atomic E-state index is 0.0240. The van der Waals surface area contributed by atoms with E-state index in [1.807, 2.05) is 6.07 Å². The number of carbonyl (C=O) groups excluding carboxylic acids is 1. The minimum atomic E-state index is -1.46. The van der Waals surface area contributed by atoms with E-state index in [0.717, 1.165) is 5.56 Å². The predicted molar refractivity (Wildman–Crippen MR) is 86.5 cm³/mol. The second-order valence-corrected chi connectivity index (χ2v) is 6.45. The number of nitrogens with zero attached hydrogens (tertiary/aromatic N) is 1. The number of benzene rings is 1. The van der Waals surface area contributed by atoms with Gasteiger partial charge in [0.25, 0.3) is 0 Å². The Morgan fingerprint density at radius 2 is 2.04 bits per heavy atom. The van der Waals surface area contributed by atoms with Gasteiger partial charge < -0.3 is 19.4 Å². The lowest BCUT2D eigenvalue weighted by Crippen LogP contribution is -2.59. The Hall–Kier alpha value is -2.64. The first-order valence-electron chi connectivity index (χ1n) is 7.96. The summed E-state index contributed by atoms with van der Waals surface area (Å²) in [5, 5.41) is 20.7. The Morgan fingerprint density at radius 1 is 1.32 bits per heavy atom. The molecule has 2 unspecified atom stereocenters. The molecule has 1 aliphatic heterocycles. The van der Waals surface area contributed by atoms with Gasteiger partial charge in [-0.05, 0) is 18.6 Å². The van der Waals surface area contributed by atoms with Gasteiger partial charge in [-0.2, -0.15) is 9.59 Å². The van der Waals surface area contributed by atoms with Crippen molar-refractivity contribution in [1.29, 1.82) is 0 Å². The van der Waals surface area contributed by atoms with Crippen molar-refractivity contribution in [2.45, 2.75) is 31.6 Å². The topological polar surface area (TPSA) is 97.0 Å². The normalized spacial score (nSPS) is 28.6. The Bertz CT molecular complexity index is 759. The third-order valence-electron chi connectivity index (χ3n) is 4.83. The molecule has 1 aromatic heterocycles. The number of amides is 2. The van der Waals surface area contributed by atoms with E-state index in [1.165, 1.54) is 12.5 Å². The molecular formula is C18H20NO6+. The number of hydrogen-bond donors (Lipinski definition) is 2. The third kappa shape index (κ3) is 2.92. The van der Waals surface area contributed by atoms with Crippen LogP contribution in [0.5, 0.6) is 0 Å². The highest BCUT2D eigenvalue weighted by Gasteiger charge is 2.64. The molecule has 7 heteroatoms. The van der Waals surface area contributed by atoms with Gasteiger partial charge in [0.1, 0.15) is 24.8 Å². The number of imide groups is 1. The molecule has 7 nitrogen and oxygen atoms in total. The van der Waals surface area contributed by atoms with Gasteiger partial charge in [-0.25, -0.2) is 0 Å². The second-order valence-electron chi connectivity index (χ2n) is 6.45. The summed E-state index contributed by atoms with van der Waals surface area (Å²) in [6.45, 7) is 1.29. The van der Waals surface area contributed by atoms with Crippen LogP contribution in [0.4, 0.5) is 9.59 Å². The molecule has 0 saturated carbocycles. The summed E-state index contributed by atoms with van der Waals surface area (Å²) < 4.78 is 9.29. The Kier molecular flexibility index (Phi) is 4.36. The predicted octanol–water partition coefficient (Wildman–Crippen LogP) is 3.09. The fourth-order valence-electron chi connectivity index (χ4n) is 3.43. The van der Waals surface area contributed by atoms with Gasteiger partial charge in [-0.1, -0.05) is 30.3 Å². The van der Waals surface area contributed by atoms with Gasteiger partial charge in [0.05, 0.1) is 12.5 Å². The molecule has 2 amide bonds. The van der Waals surface area contributed by atoms with E-state index in [4.69, 9.17) is 9.15 Å². The molecule has 2 N–H and O–H groups in total. The Labute approximate surface area is 144 Å². The zero-order valence-corrected chi connectivity index (χ0v) is 13.8. The van der Waals surface area contributed by atoms with Crippen LogP contribution in [0.2, 0.25) is 0 Å². The maximum Gasteiger partial charge on any atom is 0.527 e. The number of quaternary nitrogens is 1. The molecule has 1 aromatic carbocycles. The molecule has 1 fully saturated rings. The number of ether oxygens (including phenoxy) is 1. The highest BCUT2D eigenvalue weighted by Crippen LogP contribution is 2.42. The first-order valence-corrected chi connectivity index (χ1v) is 7.96. The Balaban J connectivity index is 1.84. The summed E-state index contributed by atoms with van der Waals surface area (Å²) in [7, 11) is 0. The second kappa shape index (κ2) is 6.34. The number of aliphatic hydroxyl groups is 1. The zero-order valence-electron chi connectivity index (χ0n) is 13.8. The molecule has 0 aliphatic carbocycles. The monoisotopic (exact) mass is 346 g/mol. The van der Waals surface area contributed by atoms with Crippen molar-refractivity contribution in [1.82, 2.24) is 0 Å². The van der Waals surface area contributed by atoms with E-state index in [9.17, 15) is 19.8 Å². The van der Waals surface area contributed by atoms with Crippen molar-refractivity contribution in [2.24, 2.45) is 0 Å². The molecule has 3 atom stereocenters. The maximum absolute atomic E-state index is 12.7. The summed E-state index contributed by atoms with van der Waals surface area (Å²) in [5.41, 5.74) is -0.246. The van der Waals surface area contributed by atoms with Gasteiger partial charge in [0.2, 0.25) is 0 Å². The van der Waals surface area contributed by atoms with E-state index in [1.54, 1.807) is 37.3 Å². The SMILES string of the molecule is C[C@@H]1CC(O)(c2ccoc2)C[N+]1(C(=O)O)C(=O)OCc1ccccc1. The van der Waals surface area contributed by atoms with Crippen molar-refractivity contribution in [3.8, 4) is 0 Å².